The van der Waals surface area contributed by atoms with Crippen molar-refractivity contribution in [3.05, 3.63) is 64.5 Å². The minimum atomic E-state index is -0.484. The molecule has 3 aromatic rings. The van der Waals surface area contributed by atoms with E-state index < -0.39 is 11.6 Å². The summed E-state index contributed by atoms with van der Waals surface area (Å²) in [4.78, 5) is 24.6. The van der Waals surface area contributed by atoms with Crippen LogP contribution in [0.4, 0.5) is 0 Å². The van der Waals surface area contributed by atoms with E-state index in [0.29, 0.717) is 47.0 Å². The van der Waals surface area contributed by atoms with Crippen LogP contribution >= 0.6 is 0 Å². The first-order chi connectivity index (χ1) is 22.6. The van der Waals surface area contributed by atoms with E-state index in [-0.39, 0.29) is 0 Å². The zero-order valence-corrected chi connectivity index (χ0v) is 28.6. The minimum absolute atomic E-state index is 0.375. The Morgan fingerprint density at radius 3 is 1.65 bits per heavy atom. The van der Waals surface area contributed by atoms with Crippen LogP contribution < -0.4 is 19.8 Å². The third-order valence-electron chi connectivity index (χ3n) is 8.49. The van der Waals surface area contributed by atoms with Gasteiger partial charge in [-0.3, -0.25) is 0 Å². The molecule has 0 unspecified atom stereocenters. The van der Waals surface area contributed by atoms with Crippen molar-refractivity contribution >= 4 is 16.9 Å². The Bertz CT molecular complexity index is 1310. The highest BCUT2D eigenvalue weighted by molar-refractivity contribution is 5.92. The van der Waals surface area contributed by atoms with Crippen molar-refractivity contribution in [1.29, 1.82) is 0 Å². The Hall–Kier alpha value is -3.28. The molecule has 0 amide bonds. The Morgan fingerprint density at radius 2 is 1.09 bits per heavy atom. The Labute approximate surface area is 277 Å². The monoisotopic (exact) mass is 634 g/mol. The molecular formula is C40H58O6. The SMILES string of the molecule is CCCCCCCCCCCCOc1ccc(C(=O)Oc2ccc3oc(=O)ccc3c2)cc1OCCCCCCCCCCCC. The van der Waals surface area contributed by atoms with E-state index >= 15 is 0 Å². The van der Waals surface area contributed by atoms with Crippen LogP contribution in [0.2, 0.25) is 0 Å². The fourth-order valence-corrected chi connectivity index (χ4v) is 5.69. The van der Waals surface area contributed by atoms with E-state index in [1.807, 2.05) is 6.07 Å². The number of ether oxygens (including phenoxy) is 3. The van der Waals surface area contributed by atoms with E-state index in [0.717, 1.165) is 25.7 Å². The van der Waals surface area contributed by atoms with Gasteiger partial charge in [-0.1, -0.05) is 129 Å². The normalized spacial score (nSPS) is 11.2. The molecule has 2 aromatic carbocycles. The minimum Gasteiger partial charge on any atom is -0.490 e. The Balaban J connectivity index is 1.49. The van der Waals surface area contributed by atoms with E-state index in [1.54, 1.807) is 36.4 Å². The van der Waals surface area contributed by atoms with Crippen molar-refractivity contribution in [1.82, 2.24) is 0 Å². The third-order valence-corrected chi connectivity index (χ3v) is 8.49. The van der Waals surface area contributed by atoms with Crippen LogP contribution in [0.1, 0.15) is 153 Å². The van der Waals surface area contributed by atoms with Crippen molar-refractivity contribution in [2.24, 2.45) is 0 Å². The Morgan fingerprint density at radius 1 is 0.565 bits per heavy atom. The molecular weight excluding hydrogens is 576 g/mol. The summed E-state index contributed by atoms with van der Waals surface area (Å²) >= 11 is 0. The second-order valence-electron chi connectivity index (χ2n) is 12.6. The van der Waals surface area contributed by atoms with Gasteiger partial charge in [-0.15, -0.1) is 0 Å². The first-order valence-corrected chi connectivity index (χ1v) is 18.3. The van der Waals surface area contributed by atoms with E-state index in [9.17, 15) is 9.59 Å². The summed E-state index contributed by atoms with van der Waals surface area (Å²) in [6.07, 6.45) is 25.4. The second-order valence-corrected chi connectivity index (χ2v) is 12.6. The second kappa shape index (κ2) is 23.1. The molecule has 0 N–H and O–H groups in total. The van der Waals surface area contributed by atoms with Gasteiger partial charge in [0, 0.05) is 11.5 Å². The summed E-state index contributed by atoms with van der Waals surface area (Å²) in [5.74, 6) is 1.14. The highest BCUT2D eigenvalue weighted by Gasteiger charge is 2.15. The first-order valence-electron chi connectivity index (χ1n) is 18.3. The van der Waals surface area contributed by atoms with Crippen molar-refractivity contribution < 1.29 is 23.4 Å². The van der Waals surface area contributed by atoms with Gasteiger partial charge in [0.05, 0.1) is 18.8 Å². The zero-order valence-electron chi connectivity index (χ0n) is 28.6. The number of rotatable bonds is 26. The maximum atomic E-state index is 13.1. The maximum Gasteiger partial charge on any atom is 0.343 e. The fraction of sp³-hybridized carbons (Fsp3) is 0.600. The quantitative estimate of drug-likeness (QED) is 0.0378. The van der Waals surface area contributed by atoms with Crippen LogP contribution in [0.25, 0.3) is 11.0 Å². The van der Waals surface area contributed by atoms with Gasteiger partial charge in [0.2, 0.25) is 0 Å². The number of hydrogen-bond donors (Lipinski definition) is 0. The lowest BCUT2D eigenvalue weighted by molar-refractivity contribution is 0.0734. The largest absolute Gasteiger partial charge is 0.490 e. The predicted octanol–water partition coefficient (Wildman–Crippen LogP) is 11.6. The van der Waals surface area contributed by atoms with Gasteiger partial charge in [0.15, 0.2) is 11.5 Å². The van der Waals surface area contributed by atoms with Gasteiger partial charge in [-0.25, -0.2) is 9.59 Å². The number of esters is 1. The number of benzene rings is 2. The molecule has 1 heterocycles. The molecule has 0 saturated heterocycles. The molecule has 0 fully saturated rings. The molecule has 6 heteroatoms. The van der Waals surface area contributed by atoms with Gasteiger partial charge < -0.3 is 18.6 Å². The highest BCUT2D eigenvalue weighted by Crippen LogP contribution is 2.30. The van der Waals surface area contributed by atoms with Crippen LogP contribution in [0.5, 0.6) is 17.2 Å². The van der Waals surface area contributed by atoms with Crippen LogP contribution in [-0.4, -0.2) is 19.2 Å². The lowest BCUT2D eigenvalue weighted by Crippen LogP contribution is -2.10. The Kier molecular flexibility index (Phi) is 18.7. The molecule has 254 valence electrons. The molecule has 0 aliphatic carbocycles. The molecule has 0 spiro atoms. The molecule has 0 aliphatic heterocycles. The van der Waals surface area contributed by atoms with E-state index in [1.165, 1.54) is 109 Å². The molecule has 0 atom stereocenters. The molecule has 1 aromatic heterocycles. The van der Waals surface area contributed by atoms with Crippen LogP contribution in [0.15, 0.2) is 57.7 Å². The summed E-state index contributed by atoms with van der Waals surface area (Å²) < 4.78 is 23.2. The first kappa shape index (κ1) is 37.2. The number of carbonyl (C=O) groups excluding carboxylic acids is 1. The average Bonchev–Trinajstić information content (AvgIpc) is 3.06. The average molecular weight is 635 g/mol. The van der Waals surface area contributed by atoms with Gasteiger partial charge in [0.1, 0.15) is 11.3 Å². The van der Waals surface area contributed by atoms with E-state index in [4.69, 9.17) is 18.6 Å². The van der Waals surface area contributed by atoms with Gasteiger partial charge in [0.25, 0.3) is 0 Å². The third kappa shape index (κ3) is 14.9. The molecule has 46 heavy (non-hydrogen) atoms. The highest BCUT2D eigenvalue weighted by atomic mass is 16.5. The number of unbranched alkanes of at least 4 members (excludes halogenated alkanes) is 18. The fourth-order valence-electron chi connectivity index (χ4n) is 5.69. The maximum absolute atomic E-state index is 13.1. The summed E-state index contributed by atoms with van der Waals surface area (Å²) in [7, 11) is 0. The van der Waals surface area contributed by atoms with Crippen molar-refractivity contribution in [3.8, 4) is 17.2 Å². The summed E-state index contributed by atoms with van der Waals surface area (Å²) in [6, 6.07) is 13.2. The van der Waals surface area contributed by atoms with Crippen molar-refractivity contribution in [2.45, 2.75) is 142 Å². The lowest BCUT2D eigenvalue weighted by atomic mass is 10.1. The summed E-state index contributed by atoms with van der Waals surface area (Å²) in [5, 5.41) is 0.682. The topological polar surface area (TPSA) is 75.0 Å². The van der Waals surface area contributed by atoms with E-state index in [2.05, 4.69) is 13.8 Å². The molecule has 6 nitrogen and oxygen atoms in total. The number of hydrogen-bond acceptors (Lipinski definition) is 6. The molecule has 0 bridgehead atoms. The van der Waals surface area contributed by atoms with Crippen molar-refractivity contribution in [3.63, 3.8) is 0 Å². The summed E-state index contributed by atoms with van der Waals surface area (Å²) in [5.41, 5.74) is 0.418. The molecule has 0 saturated carbocycles. The standard InChI is InChI=1S/C40H58O6/c1-3-5-7-9-11-13-15-17-19-21-29-43-37-26-23-34(32-38(37)44-30-22-20-18-16-14-12-10-8-6-4-2)40(42)45-35-25-27-36-33(31-35)24-28-39(41)46-36/h23-28,31-32H,3-22,29-30H2,1-2H3. The van der Waals surface area contributed by atoms with Gasteiger partial charge >= 0.3 is 11.6 Å². The smallest absolute Gasteiger partial charge is 0.343 e. The predicted molar refractivity (Wildman–Crippen MR) is 189 cm³/mol. The zero-order chi connectivity index (χ0) is 32.7. The van der Waals surface area contributed by atoms with Crippen LogP contribution in [0.3, 0.4) is 0 Å². The van der Waals surface area contributed by atoms with Gasteiger partial charge in [-0.2, -0.15) is 0 Å². The number of carbonyl (C=O) groups is 1. The molecule has 0 radical (unpaired) electrons. The van der Waals surface area contributed by atoms with Crippen LogP contribution in [-0.2, 0) is 0 Å². The summed E-state index contributed by atoms with van der Waals surface area (Å²) in [6.45, 7) is 5.73. The van der Waals surface area contributed by atoms with Crippen LogP contribution in [0, 0.1) is 0 Å². The lowest BCUT2D eigenvalue weighted by Gasteiger charge is -2.14. The van der Waals surface area contributed by atoms with Crippen molar-refractivity contribution in [2.75, 3.05) is 13.2 Å². The molecule has 3 rings (SSSR count). The molecule has 0 aliphatic rings. The number of fused-ring (bicyclic) bond motifs is 1. The van der Waals surface area contributed by atoms with Gasteiger partial charge in [-0.05, 0) is 55.3 Å².